The fourth-order valence-electron chi connectivity index (χ4n) is 4.23. The normalized spacial score (nSPS) is 16.0. The Kier molecular flexibility index (Phi) is 5.04. The van der Waals surface area contributed by atoms with E-state index in [-0.39, 0.29) is 17.5 Å². The van der Waals surface area contributed by atoms with E-state index < -0.39 is 0 Å². The van der Waals surface area contributed by atoms with Crippen molar-refractivity contribution in [2.45, 2.75) is 25.4 Å². The Morgan fingerprint density at radius 2 is 2.00 bits per heavy atom. The summed E-state index contributed by atoms with van der Waals surface area (Å²) in [6.07, 6.45) is 2.72. The molecule has 0 spiro atoms. The van der Waals surface area contributed by atoms with E-state index >= 15 is 0 Å². The third-order valence-electron chi connectivity index (χ3n) is 5.67. The molecule has 2 aromatic heterocycles. The standard InChI is InChI=1S/C24H19ClFN3O2/c1-31-13-21-23(15-3-2-4-17(25)9-15)24-27-20-10-16(14-5-7-18(26)8-6-14)11-22(30)19(20)12-29(24)28-21/h2-9,12,16H,10-11,13H2,1H3. The van der Waals surface area contributed by atoms with Gasteiger partial charge in [0.2, 0.25) is 0 Å². The molecule has 0 saturated heterocycles. The highest BCUT2D eigenvalue weighted by Crippen LogP contribution is 2.35. The van der Waals surface area contributed by atoms with Crippen LogP contribution in [0.3, 0.4) is 0 Å². The van der Waals surface area contributed by atoms with E-state index in [1.807, 2.05) is 24.3 Å². The van der Waals surface area contributed by atoms with E-state index in [9.17, 15) is 9.18 Å². The SMILES string of the molecule is COCc1nn2cc3c(nc2c1-c1cccc(Cl)c1)CC(c1ccc(F)cc1)CC3=O. The molecule has 156 valence electrons. The van der Waals surface area contributed by atoms with Gasteiger partial charge in [0, 0.05) is 24.8 Å². The zero-order chi connectivity index (χ0) is 21.5. The van der Waals surface area contributed by atoms with Gasteiger partial charge in [0.05, 0.1) is 29.1 Å². The van der Waals surface area contributed by atoms with Crippen molar-refractivity contribution in [2.75, 3.05) is 7.11 Å². The van der Waals surface area contributed by atoms with Crippen LogP contribution in [-0.2, 0) is 17.8 Å². The highest BCUT2D eigenvalue weighted by atomic mass is 35.5. The van der Waals surface area contributed by atoms with Gasteiger partial charge in [-0.3, -0.25) is 4.79 Å². The Morgan fingerprint density at radius 3 is 2.74 bits per heavy atom. The summed E-state index contributed by atoms with van der Waals surface area (Å²) < 4.78 is 20.3. The lowest BCUT2D eigenvalue weighted by molar-refractivity contribution is 0.0962. The molecule has 0 bridgehead atoms. The van der Waals surface area contributed by atoms with Crippen LogP contribution in [0.1, 0.15) is 39.6 Å². The smallest absolute Gasteiger partial charge is 0.166 e. The maximum atomic E-state index is 13.3. The lowest BCUT2D eigenvalue weighted by atomic mass is 9.82. The Labute approximate surface area is 183 Å². The number of fused-ring (bicyclic) bond motifs is 2. The quantitative estimate of drug-likeness (QED) is 0.439. The van der Waals surface area contributed by atoms with Crippen molar-refractivity contribution < 1.29 is 13.9 Å². The molecule has 1 unspecified atom stereocenters. The molecule has 1 aliphatic carbocycles. The third kappa shape index (κ3) is 3.62. The number of carbonyl (C=O) groups excluding carboxylic acids is 1. The number of halogens is 2. The molecule has 1 aliphatic rings. The van der Waals surface area contributed by atoms with Gasteiger partial charge in [0.25, 0.3) is 0 Å². The molecule has 0 fully saturated rings. The summed E-state index contributed by atoms with van der Waals surface area (Å²) >= 11 is 6.22. The number of Topliss-reactive ketones (excluding diaryl/α,β-unsaturated/α-hetero) is 1. The fourth-order valence-corrected chi connectivity index (χ4v) is 4.42. The van der Waals surface area contributed by atoms with Crippen LogP contribution in [-0.4, -0.2) is 27.5 Å². The highest BCUT2D eigenvalue weighted by Gasteiger charge is 2.29. The lowest BCUT2D eigenvalue weighted by Crippen LogP contribution is -2.21. The lowest BCUT2D eigenvalue weighted by Gasteiger charge is -2.23. The number of carbonyl (C=O) groups is 1. The van der Waals surface area contributed by atoms with Gasteiger partial charge in [-0.1, -0.05) is 35.9 Å². The van der Waals surface area contributed by atoms with Gasteiger partial charge < -0.3 is 4.74 Å². The molecule has 2 aromatic carbocycles. The zero-order valence-electron chi connectivity index (χ0n) is 16.8. The summed E-state index contributed by atoms with van der Waals surface area (Å²) in [5.74, 6) is -0.313. The summed E-state index contributed by atoms with van der Waals surface area (Å²) in [4.78, 5) is 17.8. The predicted molar refractivity (Wildman–Crippen MR) is 116 cm³/mol. The number of nitrogens with zero attached hydrogens (tertiary/aromatic N) is 3. The number of methoxy groups -OCH3 is 1. The molecule has 1 atom stereocenters. The number of aromatic nitrogens is 3. The van der Waals surface area contributed by atoms with Crippen LogP contribution >= 0.6 is 11.6 Å². The summed E-state index contributed by atoms with van der Waals surface area (Å²) in [5.41, 5.74) is 5.34. The van der Waals surface area contributed by atoms with Crippen molar-refractivity contribution >= 4 is 23.0 Å². The van der Waals surface area contributed by atoms with Gasteiger partial charge >= 0.3 is 0 Å². The van der Waals surface area contributed by atoms with E-state index in [1.165, 1.54) is 12.1 Å². The summed E-state index contributed by atoms with van der Waals surface area (Å²) in [7, 11) is 1.61. The number of rotatable bonds is 4. The fraction of sp³-hybridized carbons (Fsp3) is 0.208. The molecule has 0 aliphatic heterocycles. The maximum Gasteiger partial charge on any atom is 0.166 e. The van der Waals surface area contributed by atoms with Gasteiger partial charge in [0.1, 0.15) is 5.82 Å². The molecular weight excluding hydrogens is 417 g/mol. The number of hydrogen-bond acceptors (Lipinski definition) is 4. The van der Waals surface area contributed by atoms with E-state index in [1.54, 1.807) is 30.0 Å². The zero-order valence-corrected chi connectivity index (χ0v) is 17.6. The second-order valence-corrected chi connectivity index (χ2v) is 8.15. The number of hydrogen-bond donors (Lipinski definition) is 0. The molecule has 7 heteroatoms. The van der Waals surface area contributed by atoms with Gasteiger partial charge in [-0.2, -0.15) is 5.10 Å². The van der Waals surface area contributed by atoms with Crippen LogP contribution in [0.25, 0.3) is 16.8 Å². The van der Waals surface area contributed by atoms with Crippen LogP contribution in [0.2, 0.25) is 5.02 Å². The van der Waals surface area contributed by atoms with Crippen molar-refractivity contribution in [1.29, 1.82) is 0 Å². The summed E-state index contributed by atoms with van der Waals surface area (Å²) in [5, 5.41) is 5.25. The van der Waals surface area contributed by atoms with E-state index in [4.69, 9.17) is 21.3 Å². The van der Waals surface area contributed by atoms with Crippen LogP contribution in [0.15, 0.2) is 54.7 Å². The Hall–Kier alpha value is -3.09. The molecule has 0 N–H and O–H groups in total. The molecule has 31 heavy (non-hydrogen) atoms. The Morgan fingerprint density at radius 1 is 1.19 bits per heavy atom. The Balaban J connectivity index is 1.65. The minimum atomic E-state index is -0.290. The average molecular weight is 436 g/mol. The van der Waals surface area contributed by atoms with Crippen molar-refractivity contribution in [1.82, 2.24) is 14.6 Å². The molecule has 0 amide bonds. The van der Waals surface area contributed by atoms with Gasteiger partial charge in [-0.25, -0.2) is 13.9 Å². The number of ketones is 1. The first kappa shape index (κ1) is 19.8. The number of ether oxygens (including phenoxy) is 1. The third-order valence-corrected chi connectivity index (χ3v) is 5.90. The first-order valence-electron chi connectivity index (χ1n) is 9.98. The van der Waals surface area contributed by atoms with Gasteiger partial charge in [0.15, 0.2) is 11.4 Å². The van der Waals surface area contributed by atoms with Gasteiger partial charge in [-0.05, 0) is 47.7 Å². The summed E-state index contributed by atoms with van der Waals surface area (Å²) in [6.45, 7) is 0.308. The van der Waals surface area contributed by atoms with E-state index in [2.05, 4.69) is 5.10 Å². The second kappa shape index (κ2) is 7.87. The minimum absolute atomic E-state index is 0.0121. The van der Waals surface area contributed by atoms with Gasteiger partial charge in [-0.15, -0.1) is 0 Å². The van der Waals surface area contributed by atoms with Crippen molar-refractivity contribution in [3.8, 4) is 11.1 Å². The second-order valence-electron chi connectivity index (χ2n) is 7.71. The molecule has 5 rings (SSSR count). The molecule has 2 heterocycles. The Bertz CT molecular complexity index is 1300. The average Bonchev–Trinajstić information content (AvgIpc) is 3.10. The highest BCUT2D eigenvalue weighted by molar-refractivity contribution is 6.30. The molecule has 4 aromatic rings. The van der Waals surface area contributed by atoms with Crippen LogP contribution in [0.4, 0.5) is 4.39 Å². The first-order chi connectivity index (χ1) is 15.0. The van der Waals surface area contributed by atoms with Crippen LogP contribution in [0, 0.1) is 5.82 Å². The molecule has 0 radical (unpaired) electrons. The first-order valence-corrected chi connectivity index (χ1v) is 10.4. The van der Waals surface area contributed by atoms with E-state index in [0.29, 0.717) is 35.7 Å². The monoisotopic (exact) mass is 435 g/mol. The molecule has 0 saturated carbocycles. The van der Waals surface area contributed by atoms with Crippen molar-refractivity contribution in [3.63, 3.8) is 0 Å². The van der Waals surface area contributed by atoms with Crippen LogP contribution < -0.4 is 0 Å². The molecule has 5 nitrogen and oxygen atoms in total. The summed E-state index contributed by atoms with van der Waals surface area (Å²) in [6, 6.07) is 13.8. The minimum Gasteiger partial charge on any atom is -0.378 e. The topological polar surface area (TPSA) is 56.5 Å². The predicted octanol–water partition coefficient (Wildman–Crippen LogP) is 5.25. The largest absolute Gasteiger partial charge is 0.378 e. The van der Waals surface area contributed by atoms with Crippen molar-refractivity contribution in [2.24, 2.45) is 0 Å². The van der Waals surface area contributed by atoms with Crippen molar-refractivity contribution in [3.05, 3.63) is 88.1 Å². The maximum absolute atomic E-state index is 13.3. The van der Waals surface area contributed by atoms with Crippen LogP contribution in [0.5, 0.6) is 0 Å². The van der Waals surface area contributed by atoms with E-state index in [0.717, 1.165) is 28.1 Å². The number of benzene rings is 2. The molecular formula is C24H19ClFN3O2.